The Morgan fingerprint density at radius 3 is 2.84 bits per heavy atom. The Morgan fingerprint density at radius 1 is 1.32 bits per heavy atom. The van der Waals surface area contributed by atoms with E-state index >= 15 is 0 Å². The lowest BCUT2D eigenvalue weighted by Crippen LogP contribution is -2.04. The number of aryl methyl sites for hydroxylation is 2. The average Bonchev–Trinajstić information content (AvgIpc) is 2.94. The van der Waals surface area contributed by atoms with Crippen molar-refractivity contribution in [2.24, 2.45) is 0 Å². The fraction of sp³-hybridized carbons (Fsp3) is 0.286. The van der Waals surface area contributed by atoms with Gasteiger partial charge in [0.1, 0.15) is 22.9 Å². The summed E-state index contributed by atoms with van der Waals surface area (Å²) in [4.78, 5) is 8.97. The summed E-state index contributed by atoms with van der Waals surface area (Å²) in [5.74, 6) is 2.94. The first-order valence-electron chi connectivity index (χ1n) is 6.10. The Morgan fingerprint density at radius 2 is 2.16 bits per heavy atom. The number of hydrogen-bond acceptors (Lipinski definition) is 3. The minimum atomic E-state index is 0.356. The predicted molar refractivity (Wildman–Crippen MR) is 74.4 cm³/mol. The molecule has 0 saturated carbocycles. The third-order valence-electron chi connectivity index (χ3n) is 3.03. The topological polar surface area (TPSA) is 43.9 Å². The van der Waals surface area contributed by atoms with Crippen LogP contribution in [0.4, 0.5) is 0 Å². The molecule has 0 saturated heterocycles. The first-order chi connectivity index (χ1) is 9.17. The molecule has 3 aromatic rings. The summed E-state index contributed by atoms with van der Waals surface area (Å²) < 4.78 is 7.61. The van der Waals surface area contributed by atoms with Crippen molar-refractivity contribution >= 4 is 22.8 Å². The predicted octanol–water partition coefficient (Wildman–Crippen LogP) is 3.43. The van der Waals surface area contributed by atoms with E-state index in [2.05, 4.69) is 9.97 Å². The van der Waals surface area contributed by atoms with E-state index in [1.165, 1.54) is 0 Å². The molecule has 0 N–H and O–H groups in total. The number of halogens is 1. The largest absolute Gasteiger partial charge is 0.464 e. The van der Waals surface area contributed by atoms with Crippen LogP contribution in [0.1, 0.15) is 22.9 Å². The lowest BCUT2D eigenvalue weighted by molar-refractivity contribution is 0.469. The van der Waals surface area contributed by atoms with Crippen molar-refractivity contribution in [3.63, 3.8) is 0 Å². The van der Waals surface area contributed by atoms with Gasteiger partial charge in [-0.3, -0.25) is 0 Å². The van der Waals surface area contributed by atoms with E-state index < -0.39 is 0 Å². The van der Waals surface area contributed by atoms with Gasteiger partial charge in [-0.15, -0.1) is 11.6 Å². The van der Waals surface area contributed by atoms with Crippen LogP contribution in [0.3, 0.4) is 0 Å². The van der Waals surface area contributed by atoms with Crippen LogP contribution in [0.15, 0.2) is 28.8 Å². The van der Waals surface area contributed by atoms with Gasteiger partial charge in [0.05, 0.1) is 12.4 Å². The molecule has 98 valence electrons. The summed E-state index contributed by atoms with van der Waals surface area (Å²) >= 11 is 5.97. The van der Waals surface area contributed by atoms with Crippen molar-refractivity contribution in [1.29, 1.82) is 0 Å². The van der Waals surface area contributed by atoms with E-state index in [9.17, 15) is 0 Å². The molecule has 3 aromatic heterocycles. The first-order valence-corrected chi connectivity index (χ1v) is 6.64. The maximum absolute atomic E-state index is 5.97. The van der Waals surface area contributed by atoms with Gasteiger partial charge in [0.2, 0.25) is 0 Å². The van der Waals surface area contributed by atoms with E-state index in [1.54, 1.807) is 0 Å². The molecule has 0 aliphatic rings. The van der Waals surface area contributed by atoms with E-state index in [0.29, 0.717) is 12.4 Å². The summed E-state index contributed by atoms with van der Waals surface area (Å²) in [6, 6.07) is 5.93. The van der Waals surface area contributed by atoms with Crippen molar-refractivity contribution < 1.29 is 4.42 Å². The SMILES string of the molecule is Cc1cnc2c(c1)nc(CCl)n2Cc1ccc(C)o1. The van der Waals surface area contributed by atoms with E-state index in [0.717, 1.165) is 34.1 Å². The number of aromatic nitrogens is 3. The summed E-state index contributed by atoms with van der Waals surface area (Å²) in [6.07, 6.45) is 1.84. The molecule has 5 heteroatoms. The highest BCUT2D eigenvalue weighted by Gasteiger charge is 2.13. The van der Waals surface area contributed by atoms with E-state index in [-0.39, 0.29) is 0 Å². The highest BCUT2D eigenvalue weighted by atomic mass is 35.5. The molecule has 0 aromatic carbocycles. The fourth-order valence-electron chi connectivity index (χ4n) is 2.15. The second-order valence-corrected chi connectivity index (χ2v) is 4.88. The molecule has 0 amide bonds. The molecule has 0 unspecified atom stereocenters. The number of pyridine rings is 1. The van der Waals surface area contributed by atoms with Crippen molar-refractivity contribution in [1.82, 2.24) is 14.5 Å². The molecule has 0 fully saturated rings. The first kappa shape index (κ1) is 12.2. The summed E-state index contributed by atoms with van der Waals surface area (Å²) in [5.41, 5.74) is 2.81. The second kappa shape index (κ2) is 4.70. The van der Waals surface area contributed by atoms with Crippen LogP contribution in [-0.4, -0.2) is 14.5 Å². The van der Waals surface area contributed by atoms with Crippen LogP contribution in [0.2, 0.25) is 0 Å². The molecular weight excluding hydrogens is 262 g/mol. The number of fused-ring (bicyclic) bond motifs is 1. The molecule has 19 heavy (non-hydrogen) atoms. The number of rotatable bonds is 3. The molecule has 0 spiro atoms. The van der Waals surface area contributed by atoms with Crippen LogP contribution in [-0.2, 0) is 12.4 Å². The smallest absolute Gasteiger partial charge is 0.160 e. The molecule has 0 aliphatic carbocycles. The molecule has 4 nitrogen and oxygen atoms in total. The van der Waals surface area contributed by atoms with Gasteiger partial charge in [0, 0.05) is 6.20 Å². The van der Waals surface area contributed by atoms with Gasteiger partial charge >= 0.3 is 0 Å². The lowest BCUT2D eigenvalue weighted by atomic mass is 10.3. The number of hydrogen-bond donors (Lipinski definition) is 0. The molecule has 0 radical (unpaired) electrons. The van der Waals surface area contributed by atoms with Gasteiger partial charge in [0.15, 0.2) is 5.65 Å². The fourth-order valence-corrected chi connectivity index (χ4v) is 2.36. The van der Waals surface area contributed by atoms with Crippen molar-refractivity contribution in [3.05, 3.63) is 47.3 Å². The van der Waals surface area contributed by atoms with Crippen molar-refractivity contribution in [2.45, 2.75) is 26.3 Å². The molecule has 0 bridgehead atoms. The Balaban J connectivity index is 2.10. The Bertz CT molecular complexity index is 729. The maximum atomic E-state index is 5.97. The van der Waals surface area contributed by atoms with Crippen LogP contribution in [0, 0.1) is 13.8 Å². The van der Waals surface area contributed by atoms with Crippen LogP contribution in [0.5, 0.6) is 0 Å². The third-order valence-corrected chi connectivity index (χ3v) is 3.27. The van der Waals surface area contributed by atoms with Gasteiger partial charge in [-0.2, -0.15) is 0 Å². The standard InChI is InChI=1S/C14H14ClN3O/c1-9-5-12-14(16-7-9)18(13(6-15)17-12)8-11-4-3-10(2)19-11/h3-5,7H,6,8H2,1-2H3. The zero-order chi connectivity index (χ0) is 13.4. The lowest BCUT2D eigenvalue weighted by Gasteiger charge is -2.04. The minimum Gasteiger partial charge on any atom is -0.464 e. The molecule has 3 rings (SSSR count). The Hall–Kier alpha value is -1.81. The number of imidazole rings is 1. The van der Waals surface area contributed by atoms with Gasteiger partial charge in [-0.25, -0.2) is 9.97 Å². The highest BCUT2D eigenvalue weighted by Crippen LogP contribution is 2.19. The van der Waals surface area contributed by atoms with Crippen molar-refractivity contribution in [2.75, 3.05) is 0 Å². The zero-order valence-corrected chi connectivity index (χ0v) is 11.6. The molecule has 0 atom stereocenters. The van der Waals surface area contributed by atoms with Crippen LogP contribution >= 0.6 is 11.6 Å². The number of furan rings is 1. The van der Waals surface area contributed by atoms with Crippen molar-refractivity contribution in [3.8, 4) is 0 Å². The Kier molecular flexibility index (Phi) is 3.03. The van der Waals surface area contributed by atoms with E-state index in [4.69, 9.17) is 16.0 Å². The van der Waals surface area contributed by atoms with Gasteiger partial charge in [0.25, 0.3) is 0 Å². The summed E-state index contributed by atoms with van der Waals surface area (Å²) in [5, 5.41) is 0. The molecule has 3 heterocycles. The normalized spacial score (nSPS) is 11.3. The molecular formula is C14H14ClN3O. The van der Waals surface area contributed by atoms with E-state index in [1.807, 2.05) is 42.8 Å². The highest BCUT2D eigenvalue weighted by molar-refractivity contribution is 6.16. The zero-order valence-electron chi connectivity index (χ0n) is 10.9. The number of nitrogens with zero attached hydrogens (tertiary/aromatic N) is 3. The molecule has 0 aliphatic heterocycles. The second-order valence-electron chi connectivity index (χ2n) is 4.62. The number of alkyl halides is 1. The maximum Gasteiger partial charge on any atom is 0.160 e. The Labute approximate surface area is 116 Å². The van der Waals surface area contributed by atoms with Gasteiger partial charge in [-0.1, -0.05) is 0 Å². The quantitative estimate of drug-likeness (QED) is 0.688. The average molecular weight is 276 g/mol. The summed E-state index contributed by atoms with van der Waals surface area (Å²) in [6.45, 7) is 4.53. The third kappa shape index (κ3) is 2.24. The van der Waals surface area contributed by atoms with Gasteiger partial charge in [-0.05, 0) is 37.6 Å². The van der Waals surface area contributed by atoms with Crippen LogP contribution in [0.25, 0.3) is 11.2 Å². The van der Waals surface area contributed by atoms with Crippen LogP contribution < -0.4 is 0 Å². The summed E-state index contributed by atoms with van der Waals surface area (Å²) in [7, 11) is 0. The minimum absolute atomic E-state index is 0.356. The van der Waals surface area contributed by atoms with Gasteiger partial charge < -0.3 is 8.98 Å². The monoisotopic (exact) mass is 275 g/mol.